The van der Waals surface area contributed by atoms with Crippen LogP contribution in [0.2, 0.25) is 0 Å². The molecule has 4 aromatic rings. The highest BCUT2D eigenvalue weighted by Crippen LogP contribution is 2.24. The molecular formula is C20H17N3O3. The molecule has 0 N–H and O–H groups in total. The Kier molecular flexibility index (Phi) is 4.10. The predicted octanol–water partition coefficient (Wildman–Crippen LogP) is 3.40. The Morgan fingerprint density at radius 2 is 1.88 bits per heavy atom. The van der Waals surface area contributed by atoms with Crippen LogP contribution in [0.5, 0.6) is 0 Å². The molecule has 2 heterocycles. The molecule has 0 fully saturated rings. The summed E-state index contributed by atoms with van der Waals surface area (Å²) in [6, 6.07) is 17.1. The van der Waals surface area contributed by atoms with Gasteiger partial charge in [0.15, 0.2) is 0 Å². The van der Waals surface area contributed by atoms with Crippen molar-refractivity contribution >= 4 is 10.8 Å². The Hall–Kier alpha value is -3.25. The van der Waals surface area contributed by atoms with Crippen LogP contribution in [-0.2, 0) is 18.4 Å². The van der Waals surface area contributed by atoms with Crippen LogP contribution in [0.4, 0.5) is 0 Å². The van der Waals surface area contributed by atoms with E-state index >= 15 is 0 Å². The van der Waals surface area contributed by atoms with E-state index in [1.807, 2.05) is 54.6 Å². The van der Waals surface area contributed by atoms with Crippen LogP contribution in [-0.4, -0.2) is 21.8 Å². The molecule has 0 saturated carbocycles. The topological polar surface area (TPSA) is 70.2 Å². The number of rotatable bonds is 4. The zero-order chi connectivity index (χ0) is 18.1. The molecule has 0 aliphatic carbocycles. The van der Waals surface area contributed by atoms with Crippen molar-refractivity contribution in [1.29, 1.82) is 0 Å². The van der Waals surface area contributed by atoms with Gasteiger partial charge in [0.2, 0.25) is 5.82 Å². The third kappa shape index (κ3) is 2.80. The third-order valence-corrected chi connectivity index (χ3v) is 4.32. The fourth-order valence-electron chi connectivity index (χ4n) is 2.92. The minimum absolute atomic E-state index is 0.0956. The van der Waals surface area contributed by atoms with Crippen LogP contribution in [0, 0.1) is 0 Å². The van der Waals surface area contributed by atoms with Gasteiger partial charge in [0, 0.05) is 25.1 Å². The lowest BCUT2D eigenvalue weighted by Crippen LogP contribution is -2.18. The first-order chi connectivity index (χ1) is 12.7. The fraction of sp³-hybridized carbons (Fsp3) is 0.150. The van der Waals surface area contributed by atoms with Gasteiger partial charge < -0.3 is 13.8 Å². The molecule has 2 aromatic heterocycles. The Bertz CT molecular complexity index is 1130. The molecule has 0 spiro atoms. The number of hydrogen-bond donors (Lipinski definition) is 0. The van der Waals surface area contributed by atoms with Gasteiger partial charge in [-0.2, -0.15) is 4.98 Å². The quantitative estimate of drug-likeness (QED) is 0.566. The Balaban J connectivity index is 1.75. The van der Waals surface area contributed by atoms with Crippen LogP contribution in [0.25, 0.3) is 33.7 Å². The van der Waals surface area contributed by atoms with E-state index in [9.17, 15) is 4.79 Å². The normalized spacial score (nSPS) is 11.2. The summed E-state index contributed by atoms with van der Waals surface area (Å²) in [6.07, 6.45) is 0. The predicted molar refractivity (Wildman–Crippen MR) is 98.6 cm³/mol. The van der Waals surface area contributed by atoms with E-state index in [0.717, 1.165) is 16.5 Å². The summed E-state index contributed by atoms with van der Waals surface area (Å²) in [5.41, 5.74) is 2.40. The van der Waals surface area contributed by atoms with E-state index in [4.69, 9.17) is 9.26 Å². The lowest BCUT2D eigenvalue weighted by molar-refractivity contribution is 0.185. The Labute approximate surface area is 149 Å². The maximum absolute atomic E-state index is 12.6. The molecule has 0 saturated heterocycles. The number of aromatic nitrogens is 3. The summed E-state index contributed by atoms with van der Waals surface area (Å²) in [5, 5.41) is 5.56. The van der Waals surface area contributed by atoms with Gasteiger partial charge in [-0.3, -0.25) is 4.79 Å². The van der Waals surface area contributed by atoms with Crippen molar-refractivity contribution in [2.24, 2.45) is 7.05 Å². The molecule has 0 atom stereocenters. The fourth-order valence-corrected chi connectivity index (χ4v) is 2.92. The molecule has 6 nitrogen and oxygen atoms in total. The summed E-state index contributed by atoms with van der Waals surface area (Å²) < 4.78 is 12.1. The molecule has 0 aliphatic rings. The zero-order valence-electron chi connectivity index (χ0n) is 14.5. The second kappa shape index (κ2) is 6.57. The lowest BCUT2D eigenvalue weighted by Gasteiger charge is -2.06. The number of hydrogen-bond acceptors (Lipinski definition) is 5. The molecule has 0 aliphatic heterocycles. The van der Waals surface area contributed by atoms with Gasteiger partial charge in [-0.25, -0.2) is 0 Å². The second-order valence-electron chi connectivity index (χ2n) is 6.03. The highest BCUT2D eigenvalue weighted by Gasteiger charge is 2.15. The highest BCUT2D eigenvalue weighted by atomic mass is 16.5. The first-order valence-electron chi connectivity index (χ1n) is 8.18. The number of benzene rings is 2. The Morgan fingerprint density at radius 1 is 1.12 bits per heavy atom. The van der Waals surface area contributed by atoms with Gasteiger partial charge >= 0.3 is 0 Å². The number of fused-ring (bicyclic) bond motifs is 1. The van der Waals surface area contributed by atoms with Gasteiger partial charge in [0.25, 0.3) is 11.4 Å². The molecule has 0 radical (unpaired) electrons. The van der Waals surface area contributed by atoms with E-state index in [0.29, 0.717) is 29.4 Å². The number of methoxy groups -OCH3 is 1. The SMILES string of the molecule is COCc1ccc(-c2noc(-c3cc4ccccc4c(=O)n3C)n2)cc1. The van der Waals surface area contributed by atoms with Crippen molar-refractivity contribution in [2.75, 3.05) is 7.11 Å². The summed E-state index contributed by atoms with van der Waals surface area (Å²) in [5.74, 6) is 0.788. The van der Waals surface area contributed by atoms with E-state index in [1.54, 1.807) is 14.2 Å². The minimum atomic E-state index is -0.0956. The molecule has 2 aromatic carbocycles. The number of nitrogens with zero attached hydrogens (tertiary/aromatic N) is 3. The molecule has 0 unspecified atom stereocenters. The summed E-state index contributed by atoms with van der Waals surface area (Å²) in [7, 11) is 3.36. The van der Waals surface area contributed by atoms with Crippen LogP contribution in [0.1, 0.15) is 5.56 Å². The van der Waals surface area contributed by atoms with Crippen molar-refractivity contribution in [2.45, 2.75) is 6.61 Å². The first kappa shape index (κ1) is 16.2. The smallest absolute Gasteiger partial charge is 0.274 e. The highest BCUT2D eigenvalue weighted by molar-refractivity contribution is 5.84. The van der Waals surface area contributed by atoms with Gasteiger partial charge in [-0.15, -0.1) is 0 Å². The van der Waals surface area contributed by atoms with Gasteiger partial charge in [0.05, 0.1) is 6.61 Å². The van der Waals surface area contributed by atoms with Crippen molar-refractivity contribution < 1.29 is 9.26 Å². The van der Waals surface area contributed by atoms with Crippen molar-refractivity contribution in [3.8, 4) is 23.0 Å². The summed E-state index contributed by atoms with van der Waals surface area (Å²) in [6.45, 7) is 0.553. The van der Waals surface area contributed by atoms with Gasteiger partial charge in [-0.1, -0.05) is 47.6 Å². The summed E-state index contributed by atoms with van der Waals surface area (Å²) >= 11 is 0. The van der Waals surface area contributed by atoms with Crippen molar-refractivity contribution in [1.82, 2.24) is 14.7 Å². The maximum Gasteiger partial charge on any atom is 0.274 e. The number of pyridine rings is 1. The maximum atomic E-state index is 12.6. The van der Waals surface area contributed by atoms with Crippen molar-refractivity contribution in [3.05, 3.63) is 70.5 Å². The average Bonchev–Trinajstić information content (AvgIpc) is 3.15. The molecule has 6 heteroatoms. The third-order valence-electron chi connectivity index (χ3n) is 4.32. The van der Waals surface area contributed by atoms with E-state index < -0.39 is 0 Å². The number of ether oxygens (including phenoxy) is 1. The van der Waals surface area contributed by atoms with E-state index in [-0.39, 0.29) is 5.56 Å². The molecule has 4 rings (SSSR count). The molecular weight excluding hydrogens is 330 g/mol. The second-order valence-corrected chi connectivity index (χ2v) is 6.03. The Morgan fingerprint density at radius 3 is 2.65 bits per heavy atom. The minimum Gasteiger partial charge on any atom is -0.380 e. The van der Waals surface area contributed by atoms with Crippen LogP contribution in [0.3, 0.4) is 0 Å². The van der Waals surface area contributed by atoms with Crippen LogP contribution < -0.4 is 5.56 Å². The van der Waals surface area contributed by atoms with Gasteiger partial charge in [-0.05, 0) is 23.1 Å². The lowest BCUT2D eigenvalue weighted by atomic mass is 10.1. The molecule has 0 amide bonds. The van der Waals surface area contributed by atoms with Gasteiger partial charge in [0.1, 0.15) is 5.69 Å². The standard InChI is InChI=1S/C20H17N3O3/c1-23-17(11-15-5-3-4-6-16(15)20(23)24)19-21-18(22-26-19)14-9-7-13(8-10-14)12-25-2/h3-11H,12H2,1-2H3. The first-order valence-corrected chi connectivity index (χ1v) is 8.18. The molecule has 0 bridgehead atoms. The zero-order valence-corrected chi connectivity index (χ0v) is 14.5. The van der Waals surface area contributed by atoms with E-state index in [2.05, 4.69) is 10.1 Å². The molecule has 26 heavy (non-hydrogen) atoms. The largest absolute Gasteiger partial charge is 0.380 e. The molecule has 130 valence electrons. The van der Waals surface area contributed by atoms with Crippen LogP contribution >= 0.6 is 0 Å². The van der Waals surface area contributed by atoms with Crippen LogP contribution in [0.15, 0.2) is 63.9 Å². The monoisotopic (exact) mass is 347 g/mol. The van der Waals surface area contributed by atoms with E-state index in [1.165, 1.54) is 4.57 Å². The van der Waals surface area contributed by atoms with Crippen molar-refractivity contribution in [3.63, 3.8) is 0 Å². The average molecular weight is 347 g/mol. The summed E-state index contributed by atoms with van der Waals surface area (Å²) in [4.78, 5) is 17.0.